The molecule has 8 rings (SSSR count). The first-order valence-electron chi connectivity index (χ1n) is 14.0. The van der Waals surface area contributed by atoms with Gasteiger partial charge in [0.2, 0.25) is 0 Å². The number of hydrogen-bond acceptors (Lipinski definition) is 8. The van der Waals surface area contributed by atoms with E-state index in [0.717, 1.165) is 30.6 Å². The maximum absolute atomic E-state index is 13.7. The summed E-state index contributed by atoms with van der Waals surface area (Å²) in [6.07, 6.45) is 4.11. The van der Waals surface area contributed by atoms with Gasteiger partial charge in [0, 0.05) is 25.3 Å². The van der Waals surface area contributed by atoms with Gasteiger partial charge in [-0.15, -0.1) is 0 Å². The van der Waals surface area contributed by atoms with Crippen molar-refractivity contribution < 1.29 is 34.0 Å². The molecule has 2 bridgehead atoms. The average Bonchev–Trinajstić information content (AvgIpc) is 3.61. The minimum Gasteiger partial charge on any atom is -0.507 e. The van der Waals surface area contributed by atoms with Crippen LogP contribution >= 0.6 is 0 Å². The van der Waals surface area contributed by atoms with Crippen molar-refractivity contribution in [3.8, 4) is 17.2 Å². The van der Waals surface area contributed by atoms with Crippen molar-refractivity contribution in [3.05, 3.63) is 52.6 Å². The molecule has 2 amide bonds. The number of rotatable bonds is 6. The van der Waals surface area contributed by atoms with Gasteiger partial charge in [-0.2, -0.15) is 0 Å². The van der Waals surface area contributed by atoms with E-state index in [1.165, 1.54) is 23.8 Å². The van der Waals surface area contributed by atoms with Gasteiger partial charge in [0.1, 0.15) is 11.9 Å². The van der Waals surface area contributed by atoms with E-state index in [0.29, 0.717) is 36.7 Å². The summed E-state index contributed by atoms with van der Waals surface area (Å²) in [5.41, 5.74) is 0.498. The number of carbonyl (C=O) groups excluding carboxylic acids is 2. The molecule has 3 aliphatic heterocycles. The Kier molecular flexibility index (Phi) is 4.84. The minimum absolute atomic E-state index is 0.0434. The van der Waals surface area contributed by atoms with Crippen molar-refractivity contribution in [2.24, 2.45) is 5.92 Å². The maximum atomic E-state index is 13.7. The standard InChI is InChI=1S/C30H32N2O7/c1-37-15-38-21-8-7-17-13-22-30(36)10-9-19(32-27(34)18-3-2-4-20(33)23(18)28(32)35)26-29(30,24(17)25(21)39-26)11-12-31(22)14-16-5-6-16/h2-4,7-8,16,19,22,26,33,36H,5-6,9-15H2,1H3/t19-,22-,26+,29+,30-/m1/s1. The number of ether oxygens (including phenoxy) is 3. The van der Waals surface area contributed by atoms with E-state index in [1.54, 1.807) is 19.2 Å². The number of hydrogen-bond donors (Lipinski definition) is 2. The lowest BCUT2D eigenvalue weighted by Gasteiger charge is -2.64. The van der Waals surface area contributed by atoms with Crippen molar-refractivity contribution in [2.75, 3.05) is 27.0 Å². The number of carbonyl (C=O) groups is 2. The molecule has 3 heterocycles. The first-order valence-corrected chi connectivity index (χ1v) is 14.0. The van der Waals surface area contributed by atoms with Crippen LogP contribution < -0.4 is 9.47 Å². The molecule has 3 fully saturated rings. The molecule has 1 saturated heterocycles. The molecule has 9 nitrogen and oxygen atoms in total. The zero-order valence-corrected chi connectivity index (χ0v) is 21.9. The Morgan fingerprint density at radius 2 is 1.95 bits per heavy atom. The van der Waals surface area contributed by atoms with Crippen LogP contribution in [-0.2, 0) is 16.6 Å². The number of phenolic OH excluding ortho intramolecular Hbond substituents is 1. The zero-order chi connectivity index (χ0) is 26.7. The van der Waals surface area contributed by atoms with Gasteiger partial charge in [-0.25, -0.2) is 0 Å². The number of amides is 2. The van der Waals surface area contributed by atoms with Crippen molar-refractivity contribution >= 4 is 11.8 Å². The van der Waals surface area contributed by atoms with E-state index in [-0.39, 0.29) is 29.7 Å². The van der Waals surface area contributed by atoms with Crippen LogP contribution in [0.15, 0.2) is 30.3 Å². The molecular formula is C30H32N2O7. The van der Waals surface area contributed by atoms with Crippen LogP contribution in [0.25, 0.3) is 0 Å². The highest BCUT2D eigenvalue weighted by molar-refractivity contribution is 6.22. The summed E-state index contributed by atoms with van der Waals surface area (Å²) >= 11 is 0. The summed E-state index contributed by atoms with van der Waals surface area (Å²) in [5.74, 6) is 0.703. The lowest BCUT2D eigenvalue weighted by molar-refractivity contribution is -0.196. The van der Waals surface area contributed by atoms with Crippen molar-refractivity contribution in [1.29, 1.82) is 0 Å². The molecule has 9 heteroatoms. The Balaban J connectivity index is 1.27. The molecule has 2 saturated carbocycles. The number of piperidine rings is 1. The molecule has 2 aromatic carbocycles. The van der Waals surface area contributed by atoms with Gasteiger partial charge in [-0.05, 0) is 74.8 Å². The molecule has 1 spiro atoms. The van der Waals surface area contributed by atoms with Crippen molar-refractivity contribution in [1.82, 2.24) is 9.80 Å². The van der Waals surface area contributed by atoms with Gasteiger partial charge < -0.3 is 24.4 Å². The molecular weight excluding hydrogens is 500 g/mol. The Labute approximate surface area is 226 Å². The second-order valence-corrected chi connectivity index (χ2v) is 12.1. The third kappa shape index (κ3) is 2.90. The minimum atomic E-state index is -1.07. The van der Waals surface area contributed by atoms with Crippen LogP contribution in [0, 0.1) is 5.92 Å². The predicted octanol–water partition coefficient (Wildman–Crippen LogP) is 2.60. The van der Waals surface area contributed by atoms with E-state index < -0.39 is 35.0 Å². The molecule has 2 N–H and O–H groups in total. The number of methoxy groups -OCH3 is 1. The molecule has 6 aliphatic rings. The molecule has 204 valence electrons. The summed E-state index contributed by atoms with van der Waals surface area (Å²) in [7, 11) is 1.56. The highest BCUT2D eigenvalue weighted by Crippen LogP contribution is 2.66. The number of benzene rings is 2. The zero-order valence-electron chi connectivity index (χ0n) is 21.9. The molecule has 0 radical (unpaired) electrons. The van der Waals surface area contributed by atoms with Crippen molar-refractivity contribution in [3.63, 3.8) is 0 Å². The van der Waals surface area contributed by atoms with Gasteiger partial charge in [-0.1, -0.05) is 12.1 Å². The second-order valence-electron chi connectivity index (χ2n) is 12.1. The monoisotopic (exact) mass is 532 g/mol. The Hall–Kier alpha value is -3.14. The third-order valence-electron chi connectivity index (χ3n) is 10.3. The van der Waals surface area contributed by atoms with Gasteiger partial charge >= 0.3 is 0 Å². The van der Waals surface area contributed by atoms with Gasteiger partial charge in [0.05, 0.1) is 28.2 Å². The molecule has 0 aromatic heterocycles. The fourth-order valence-electron chi connectivity index (χ4n) is 8.53. The van der Waals surface area contributed by atoms with Gasteiger partial charge in [-0.3, -0.25) is 19.4 Å². The topological polar surface area (TPSA) is 109 Å². The number of phenols is 1. The largest absolute Gasteiger partial charge is 0.507 e. The van der Waals surface area contributed by atoms with Gasteiger partial charge in [0.15, 0.2) is 18.3 Å². The lowest BCUT2D eigenvalue weighted by Crippen LogP contribution is -2.78. The summed E-state index contributed by atoms with van der Waals surface area (Å²) in [6.45, 7) is 1.86. The van der Waals surface area contributed by atoms with E-state index in [9.17, 15) is 19.8 Å². The summed E-state index contributed by atoms with van der Waals surface area (Å²) in [5, 5.41) is 23.2. The third-order valence-corrected chi connectivity index (χ3v) is 10.3. The summed E-state index contributed by atoms with van der Waals surface area (Å²) < 4.78 is 17.9. The predicted molar refractivity (Wildman–Crippen MR) is 138 cm³/mol. The fraction of sp³-hybridized carbons (Fsp3) is 0.533. The Morgan fingerprint density at radius 1 is 1.10 bits per heavy atom. The average molecular weight is 533 g/mol. The number of nitrogens with zero attached hydrogens (tertiary/aromatic N) is 2. The Morgan fingerprint density at radius 3 is 2.72 bits per heavy atom. The van der Waals surface area contributed by atoms with Gasteiger partial charge in [0.25, 0.3) is 11.8 Å². The number of fused-ring (bicyclic) bond motifs is 1. The van der Waals surface area contributed by atoms with Crippen LogP contribution in [0.1, 0.15) is 63.9 Å². The molecule has 5 atom stereocenters. The smallest absolute Gasteiger partial charge is 0.265 e. The molecule has 39 heavy (non-hydrogen) atoms. The first-order chi connectivity index (χ1) is 18.9. The van der Waals surface area contributed by atoms with Crippen molar-refractivity contribution in [2.45, 2.75) is 67.7 Å². The highest BCUT2D eigenvalue weighted by Gasteiger charge is 2.74. The van der Waals surface area contributed by atoms with Crippen LogP contribution in [0.4, 0.5) is 0 Å². The van der Waals surface area contributed by atoms with Crippen LogP contribution in [0.3, 0.4) is 0 Å². The summed E-state index contributed by atoms with van der Waals surface area (Å²) in [4.78, 5) is 31.1. The highest BCUT2D eigenvalue weighted by atomic mass is 16.7. The number of likely N-dealkylation sites (tertiary alicyclic amines) is 1. The lowest BCUT2D eigenvalue weighted by atomic mass is 9.48. The second kappa shape index (κ2) is 7.96. The summed E-state index contributed by atoms with van der Waals surface area (Å²) in [6, 6.07) is 7.92. The molecule has 3 aliphatic carbocycles. The number of imide groups is 1. The SMILES string of the molecule is COCOc1ccc2c3c1O[C@H]1[C@H](N4C(=O)c5cccc(O)c5C4=O)CC[C@@]4(O)[C@@H](C2)N(CC2CC2)CC[C@]314. The van der Waals surface area contributed by atoms with E-state index >= 15 is 0 Å². The van der Waals surface area contributed by atoms with E-state index in [1.807, 2.05) is 6.07 Å². The number of aromatic hydroxyl groups is 1. The molecule has 2 aromatic rings. The fourth-order valence-corrected chi connectivity index (χ4v) is 8.53. The van der Waals surface area contributed by atoms with Crippen LogP contribution in [0.2, 0.25) is 0 Å². The first kappa shape index (κ1) is 23.7. The quantitative estimate of drug-likeness (QED) is 0.432. The van der Waals surface area contributed by atoms with E-state index in [2.05, 4.69) is 11.0 Å². The van der Waals surface area contributed by atoms with Crippen LogP contribution in [0.5, 0.6) is 17.2 Å². The maximum Gasteiger partial charge on any atom is 0.265 e. The van der Waals surface area contributed by atoms with E-state index in [4.69, 9.17) is 14.2 Å². The van der Waals surface area contributed by atoms with Crippen LogP contribution in [-0.4, -0.2) is 82.6 Å². The number of aliphatic hydroxyl groups is 1. The normalized spacial score (nSPS) is 34.1. The molecule has 0 unspecified atom stereocenters. The Bertz CT molecular complexity index is 1420.